The Morgan fingerprint density at radius 3 is 2.96 bits per heavy atom. The molecule has 1 unspecified atom stereocenters. The Morgan fingerprint density at radius 2 is 2.30 bits per heavy atom. The largest absolute Gasteiger partial charge is 0.336 e. The number of piperazine rings is 1. The third kappa shape index (κ3) is 3.04. The van der Waals surface area contributed by atoms with E-state index < -0.39 is 4.92 Å². The fourth-order valence-electron chi connectivity index (χ4n) is 2.63. The van der Waals surface area contributed by atoms with Gasteiger partial charge in [-0.1, -0.05) is 0 Å². The maximum absolute atomic E-state index is 12.6. The minimum atomic E-state index is -0.520. The number of amides is 1. The summed E-state index contributed by atoms with van der Waals surface area (Å²) in [6.07, 6.45) is 2.67. The summed E-state index contributed by atoms with van der Waals surface area (Å²) in [4.78, 5) is 28.9. The summed E-state index contributed by atoms with van der Waals surface area (Å²) >= 11 is 0. The third-order valence-electron chi connectivity index (χ3n) is 3.74. The molecule has 1 aromatic carbocycles. The van der Waals surface area contributed by atoms with Crippen LogP contribution in [0, 0.1) is 10.1 Å². The van der Waals surface area contributed by atoms with Crippen molar-refractivity contribution in [2.75, 3.05) is 19.6 Å². The van der Waals surface area contributed by atoms with Gasteiger partial charge in [0.15, 0.2) is 0 Å². The first-order chi connectivity index (χ1) is 11.1. The molecule has 120 valence electrons. The predicted molar refractivity (Wildman–Crippen MR) is 81.4 cm³/mol. The van der Waals surface area contributed by atoms with Crippen LogP contribution in [0.1, 0.15) is 17.3 Å². The van der Waals surface area contributed by atoms with Crippen LogP contribution in [-0.2, 0) is 0 Å². The second-order valence-corrected chi connectivity index (χ2v) is 5.41. The van der Waals surface area contributed by atoms with E-state index >= 15 is 0 Å². The summed E-state index contributed by atoms with van der Waals surface area (Å²) in [5.41, 5.74) is 0.400. The van der Waals surface area contributed by atoms with Crippen LogP contribution in [0.3, 0.4) is 0 Å². The van der Waals surface area contributed by atoms with E-state index in [0.29, 0.717) is 25.2 Å². The van der Waals surface area contributed by atoms with Crippen molar-refractivity contribution in [1.29, 1.82) is 0 Å². The second-order valence-electron chi connectivity index (χ2n) is 5.41. The van der Waals surface area contributed by atoms with Crippen molar-refractivity contribution >= 4 is 11.6 Å². The molecular formula is C14H16N6O3. The maximum atomic E-state index is 12.6. The van der Waals surface area contributed by atoms with Gasteiger partial charge in [-0.15, -0.1) is 0 Å². The molecular weight excluding hydrogens is 300 g/mol. The van der Waals surface area contributed by atoms with Crippen LogP contribution >= 0.6 is 0 Å². The SMILES string of the molecule is CC1CN(C(=O)c2ccc(-n3cncn3)c([N+](=O)[O-])c2)CCN1. The second kappa shape index (κ2) is 6.13. The molecule has 9 heteroatoms. The zero-order valence-corrected chi connectivity index (χ0v) is 12.5. The highest BCUT2D eigenvalue weighted by atomic mass is 16.6. The highest BCUT2D eigenvalue weighted by Gasteiger charge is 2.25. The minimum Gasteiger partial charge on any atom is -0.336 e. The summed E-state index contributed by atoms with van der Waals surface area (Å²) in [5.74, 6) is -0.202. The first kappa shape index (κ1) is 15.1. The summed E-state index contributed by atoms with van der Waals surface area (Å²) in [6, 6.07) is 4.61. The Balaban J connectivity index is 1.93. The lowest BCUT2D eigenvalue weighted by Crippen LogP contribution is -2.51. The van der Waals surface area contributed by atoms with Gasteiger partial charge in [0.1, 0.15) is 18.3 Å². The molecule has 0 aliphatic carbocycles. The summed E-state index contributed by atoms with van der Waals surface area (Å²) in [6.45, 7) is 3.88. The molecule has 1 saturated heterocycles. The van der Waals surface area contributed by atoms with E-state index in [0.717, 1.165) is 0 Å². The lowest BCUT2D eigenvalue weighted by Gasteiger charge is -2.31. The number of carbonyl (C=O) groups excluding carboxylic acids is 1. The van der Waals surface area contributed by atoms with Crippen molar-refractivity contribution in [1.82, 2.24) is 25.0 Å². The van der Waals surface area contributed by atoms with Gasteiger partial charge >= 0.3 is 0 Å². The van der Waals surface area contributed by atoms with Gasteiger partial charge in [0.2, 0.25) is 0 Å². The van der Waals surface area contributed by atoms with Crippen molar-refractivity contribution in [3.8, 4) is 5.69 Å². The van der Waals surface area contributed by atoms with Crippen molar-refractivity contribution in [3.05, 3.63) is 46.5 Å². The molecule has 1 aliphatic rings. The monoisotopic (exact) mass is 316 g/mol. The van der Waals surface area contributed by atoms with Gasteiger partial charge in [0.05, 0.1) is 4.92 Å². The molecule has 0 spiro atoms. The molecule has 1 amide bonds. The molecule has 1 aromatic heterocycles. The van der Waals surface area contributed by atoms with Crippen LogP contribution in [0.4, 0.5) is 5.69 Å². The van der Waals surface area contributed by atoms with E-state index in [4.69, 9.17) is 0 Å². The third-order valence-corrected chi connectivity index (χ3v) is 3.74. The van der Waals surface area contributed by atoms with Crippen LogP contribution in [0.5, 0.6) is 0 Å². The van der Waals surface area contributed by atoms with Gasteiger partial charge in [-0.2, -0.15) is 5.10 Å². The number of hydrogen-bond donors (Lipinski definition) is 1. The van der Waals surface area contributed by atoms with E-state index in [1.165, 1.54) is 29.5 Å². The molecule has 3 rings (SSSR count). The van der Waals surface area contributed by atoms with Gasteiger partial charge in [0.25, 0.3) is 11.6 Å². The fraction of sp³-hybridized carbons (Fsp3) is 0.357. The van der Waals surface area contributed by atoms with Crippen molar-refractivity contribution < 1.29 is 9.72 Å². The number of nitro benzene ring substituents is 1. The number of nitrogens with zero attached hydrogens (tertiary/aromatic N) is 5. The van der Waals surface area contributed by atoms with E-state index in [2.05, 4.69) is 15.4 Å². The lowest BCUT2D eigenvalue weighted by atomic mass is 10.1. The number of carbonyl (C=O) groups is 1. The Hall–Kier alpha value is -2.81. The molecule has 9 nitrogen and oxygen atoms in total. The first-order valence-electron chi connectivity index (χ1n) is 7.22. The Kier molecular flexibility index (Phi) is 4.02. The normalized spacial score (nSPS) is 18.0. The van der Waals surface area contributed by atoms with Crippen LogP contribution in [0.2, 0.25) is 0 Å². The zero-order chi connectivity index (χ0) is 16.4. The molecule has 0 radical (unpaired) electrons. The van der Waals surface area contributed by atoms with Gasteiger partial charge in [-0.25, -0.2) is 9.67 Å². The van der Waals surface area contributed by atoms with Crippen LogP contribution in [0.25, 0.3) is 5.69 Å². The molecule has 23 heavy (non-hydrogen) atoms. The van der Waals surface area contributed by atoms with Crippen LogP contribution in [0.15, 0.2) is 30.9 Å². The molecule has 1 fully saturated rings. The average Bonchev–Trinajstić information content (AvgIpc) is 3.08. The summed E-state index contributed by atoms with van der Waals surface area (Å²) in [7, 11) is 0. The molecule has 0 bridgehead atoms. The number of nitrogens with one attached hydrogen (secondary N) is 1. The molecule has 2 aromatic rings. The van der Waals surface area contributed by atoms with Crippen LogP contribution in [-0.4, -0.2) is 56.2 Å². The quantitative estimate of drug-likeness (QED) is 0.657. The Bertz CT molecular complexity index is 730. The van der Waals surface area contributed by atoms with E-state index in [9.17, 15) is 14.9 Å². The molecule has 2 heterocycles. The Labute approximate surface area is 132 Å². The Morgan fingerprint density at radius 1 is 1.48 bits per heavy atom. The van der Waals surface area contributed by atoms with E-state index in [1.54, 1.807) is 11.0 Å². The van der Waals surface area contributed by atoms with Crippen LogP contribution < -0.4 is 5.32 Å². The summed E-state index contributed by atoms with van der Waals surface area (Å²) < 4.78 is 1.30. The number of aromatic nitrogens is 3. The van der Waals surface area contributed by atoms with Crippen molar-refractivity contribution in [2.24, 2.45) is 0 Å². The van der Waals surface area contributed by atoms with Gasteiger partial charge in [-0.3, -0.25) is 14.9 Å². The number of rotatable bonds is 3. The van der Waals surface area contributed by atoms with Crippen molar-refractivity contribution in [2.45, 2.75) is 13.0 Å². The molecule has 1 aliphatic heterocycles. The molecule has 1 N–H and O–H groups in total. The predicted octanol–water partition coefficient (Wildman–Crippen LogP) is 0.609. The lowest BCUT2D eigenvalue weighted by molar-refractivity contribution is -0.384. The first-order valence-corrected chi connectivity index (χ1v) is 7.22. The summed E-state index contributed by atoms with van der Waals surface area (Å²) in [5, 5.41) is 18.5. The van der Waals surface area contributed by atoms with Crippen molar-refractivity contribution in [3.63, 3.8) is 0 Å². The van der Waals surface area contributed by atoms with Gasteiger partial charge < -0.3 is 10.2 Å². The maximum Gasteiger partial charge on any atom is 0.295 e. The van der Waals surface area contributed by atoms with Gasteiger partial charge in [0, 0.05) is 37.3 Å². The highest BCUT2D eigenvalue weighted by Crippen LogP contribution is 2.24. The number of nitro groups is 1. The minimum absolute atomic E-state index is 0.176. The molecule has 0 saturated carbocycles. The average molecular weight is 316 g/mol. The standard InChI is InChI=1S/C14H16N6O3/c1-10-7-18(5-4-16-10)14(21)11-2-3-12(13(6-11)20(22)23)19-9-15-8-17-19/h2-3,6,8-10,16H,4-5,7H2,1H3. The van der Waals surface area contributed by atoms with Gasteiger partial charge in [-0.05, 0) is 19.1 Å². The fourth-order valence-corrected chi connectivity index (χ4v) is 2.63. The number of benzene rings is 1. The van der Waals surface area contributed by atoms with E-state index in [-0.39, 0.29) is 23.3 Å². The smallest absolute Gasteiger partial charge is 0.295 e. The number of hydrogen-bond acceptors (Lipinski definition) is 6. The zero-order valence-electron chi connectivity index (χ0n) is 12.5. The topological polar surface area (TPSA) is 106 Å². The highest BCUT2D eigenvalue weighted by molar-refractivity contribution is 5.95. The molecule has 1 atom stereocenters. The van der Waals surface area contributed by atoms with E-state index in [1.807, 2.05) is 6.92 Å².